The van der Waals surface area contributed by atoms with Crippen molar-refractivity contribution in [2.24, 2.45) is 0 Å². The minimum absolute atomic E-state index is 0.0391. The summed E-state index contributed by atoms with van der Waals surface area (Å²) in [5.74, 6) is -2.83. The number of aliphatic carboxylic acids is 2. The van der Waals surface area contributed by atoms with Gasteiger partial charge in [0, 0.05) is 37.1 Å². The molecule has 34 heavy (non-hydrogen) atoms. The van der Waals surface area contributed by atoms with Crippen molar-refractivity contribution in [1.29, 1.82) is 0 Å². The number of carbonyl (C=O) groups excluding carboxylic acids is 1. The Kier molecular flexibility index (Phi) is 9.32. The minimum atomic E-state index is -1.82. The van der Waals surface area contributed by atoms with Gasteiger partial charge in [0.05, 0.1) is 31.6 Å². The number of carboxylic acids is 2. The van der Waals surface area contributed by atoms with Crippen molar-refractivity contribution in [2.45, 2.75) is 13.1 Å². The number of furan rings is 1. The van der Waals surface area contributed by atoms with Crippen LogP contribution in [0.1, 0.15) is 10.8 Å². The standard InChI is InChI=1S/C21H24N4O2S.C2H2O4/c26-20(22-13-18-7-4-12-27-18)14-24-8-10-25(11-9-24)15-21-23-19(16-28-21)17-5-2-1-3-6-17;3-1(4)2(5)6/h1-7,12,16H,8-11,13-15H2,(H,22,26);(H,3,4)(H,5,6). The fourth-order valence-corrected chi connectivity index (χ4v) is 4.12. The molecule has 0 unspecified atom stereocenters. The molecule has 180 valence electrons. The Hall–Kier alpha value is -3.54. The summed E-state index contributed by atoms with van der Waals surface area (Å²) in [6, 6.07) is 14.0. The van der Waals surface area contributed by atoms with E-state index in [1.807, 2.05) is 30.3 Å². The van der Waals surface area contributed by atoms with Crippen LogP contribution in [0.15, 0.2) is 58.5 Å². The van der Waals surface area contributed by atoms with Gasteiger partial charge < -0.3 is 19.9 Å². The molecule has 0 atom stereocenters. The predicted octanol–water partition coefficient (Wildman–Crippen LogP) is 1.99. The molecule has 3 aromatic rings. The van der Waals surface area contributed by atoms with Crippen molar-refractivity contribution in [2.75, 3.05) is 32.7 Å². The van der Waals surface area contributed by atoms with E-state index in [1.165, 1.54) is 0 Å². The van der Waals surface area contributed by atoms with Gasteiger partial charge in [0.15, 0.2) is 0 Å². The summed E-state index contributed by atoms with van der Waals surface area (Å²) in [5.41, 5.74) is 2.21. The number of nitrogens with zero attached hydrogens (tertiary/aromatic N) is 3. The molecule has 1 amide bonds. The minimum Gasteiger partial charge on any atom is -0.473 e. The van der Waals surface area contributed by atoms with E-state index in [4.69, 9.17) is 29.2 Å². The summed E-state index contributed by atoms with van der Waals surface area (Å²) in [4.78, 5) is 39.7. The third-order valence-electron chi connectivity index (χ3n) is 5.04. The molecule has 3 heterocycles. The largest absolute Gasteiger partial charge is 0.473 e. The smallest absolute Gasteiger partial charge is 0.414 e. The topological polar surface area (TPSA) is 136 Å². The van der Waals surface area contributed by atoms with Gasteiger partial charge in [-0.05, 0) is 12.1 Å². The van der Waals surface area contributed by atoms with Crippen LogP contribution in [0.25, 0.3) is 11.3 Å². The van der Waals surface area contributed by atoms with E-state index < -0.39 is 11.9 Å². The third-order valence-corrected chi connectivity index (χ3v) is 5.87. The summed E-state index contributed by atoms with van der Waals surface area (Å²) < 4.78 is 5.23. The number of carbonyl (C=O) groups is 3. The first-order chi connectivity index (χ1) is 16.4. The van der Waals surface area contributed by atoms with E-state index in [0.717, 1.165) is 54.7 Å². The Bertz CT molecular complexity index is 1050. The third kappa shape index (κ3) is 8.10. The molecule has 3 N–H and O–H groups in total. The van der Waals surface area contributed by atoms with E-state index in [2.05, 4.69) is 32.6 Å². The van der Waals surface area contributed by atoms with Crippen molar-refractivity contribution in [3.05, 3.63) is 64.9 Å². The van der Waals surface area contributed by atoms with Crippen LogP contribution < -0.4 is 5.32 Å². The zero-order valence-electron chi connectivity index (χ0n) is 18.4. The first kappa shape index (κ1) is 25.1. The second-order valence-electron chi connectivity index (χ2n) is 7.51. The average molecular weight is 487 g/mol. The van der Waals surface area contributed by atoms with Crippen LogP contribution in [-0.2, 0) is 27.5 Å². The van der Waals surface area contributed by atoms with Gasteiger partial charge in [-0.15, -0.1) is 11.3 Å². The van der Waals surface area contributed by atoms with Gasteiger partial charge in [-0.2, -0.15) is 0 Å². The molecular weight excluding hydrogens is 460 g/mol. The molecular formula is C23H26N4O6S. The number of benzene rings is 1. The SMILES string of the molecule is O=C(CN1CCN(Cc2nc(-c3ccccc3)cs2)CC1)NCc1ccco1.O=C(O)C(=O)O. The first-order valence-corrected chi connectivity index (χ1v) is 11.5. The normalized spacial score (nSPS) is 14.1. The summed E-state index contributed by atoms with van der Waals surface area (Å²) in [7, 11) is 0. The van der Waals surface area contributed by atoms with Crippen LogP contribution in [-0.4, -0.2) is 75.6 Å². The molecule has 1 saturated heterocycles. The molecule has 0 spiro atoms. The van der Waals surface area contributed by atoms with E-state index in [1.54, 1.807) is 17.6 Å². The van der Waals surface area contributed by atoms with E-state index in [0.29, 0.717) is 13.1 Å². The number of nitrogens with one attached hydrogen (secondary N) is 1. The van der Waals surface area contributed by atoms with Crippen LogP contribution in [0, 0.1) is 0 Å². The van der Waals surface area contributed by atoms with E-state index in [9.17, 15) is 4.79 Å². The van der Waals surface area contributed by atoms with Gasteiger partial charge in [-0.3, -0.25) is 14.6 Å². The highest BCUT2D eigenvalue weighted by atomic mass is 32.1. The molecule has 1 fully saturated rings. The van der Waals surface area contributed by atoms with E-state index in [-0.39, 0.29) is 5.91 Å². The average Bonchev–Trinajstić information content (AvgIpc) is 3.52. The maximum absolute atomic E-state index is 12.1. The van der Waals surface area contributed by atoms with Crippen LogP contribution in [0.2, 0.25) is 0 Å². The van der Waals surface area contributed by atoms with Gasteiger partial charge in [-0.1, -0.05) is 30.3 Å². The summed E-state index contributed by atoms with van der Waals surface area (Å²) >= 11 is 1.72. The molecule has 0 bridgehead atoms. The Morgan fingerprint density at radius 3 is 2.26 bits per heavy atom. The van der Waals surface area contributed by atoms with Crippen molar-refractivity contribution >= 4 is 29.2 Å². The number of piperazine rings is 1. The zero-order valence-corrected chi connectivity index (χ0v) is 19.2. The molecule has 10 nitrogen and oxygen atoms in total. The number of carboxylic acid groups (broad SMARTS) is 2. The van der Waals surface area contributed by atoms with Crippen LogP contribution in [0.4, 0.5) is 0 Å². The van der Waals surface area contributed by atoms with Gasteiger partial charge >= 0.3 is 11.9 Å². The number of rotatable bonds is 7. The Morgan fingerprint density at radius 1 is 0.971 bits per heavy atom. The molecule has 0 saturated carbocycles. The molecule has 1 aliphatic rings. The lowest BCUT2D eigenvalue weighted by Crippen LogP contribution is -2.49. The fraction of sp³-hybridized carbons (Fsp3) is 0.304. The summed E-state index contributed by atoms with van der Waals surface area (Å²) in [6.45, 7) is 5.44. The van der Waals surface area contributed by atoms with Gasteiger partial charge in [0.25, 0.3) is 0 Å². The quantitative estimate of drug-likeness (QED) is 0.428. The zero-order chi connectivity index (χ0) is 24.3. The van der Waals surface area contributed by atoms with Crippen LogP contribution >= 0.6 is 11.3 Å². The molecule has 0 radical (unpaired) electrons. The number of hydrogen-bond donors (Lipinski definition) is 3. The molecule has 1 aromatic carbocycles. The van der Waals surface area contributed by atoms with Crippen molar-refractivity contribution in [3.63, 3.8) is 0 Å². The maximum atomic E-state index is 12.1. The molecule has 2 aromatic heterocycles. The Labute approximate surface area is 200 Å². The Morgan fingerprint density at radius 2 is 1.65 bits per heavy atom. The molecule has 11 heteroatoms. The Balaban J connectivity index is 0.000000481. The number of amides is 1. The second kappa shape index (κ2) is 12.6. The van der Waals surface area contributed by atoms with Crippen LogP contribution in [0.5, 0.6) is 0 Å². The van der Waals surface area contributed by atoms with Gasteiger partial charge in [0.2, 0.25) is 5.91 Å². The maximum Gasteiger partial charge on any atom is 0.414 e. The van der Waals surface area contributed by atoms with Crippen molar-refractivity contribution < 1.29 is 29.0 Å². The number of aromatic nitrogens is 1. The lowest BCUT2D eigenvalue weighted by molar-refractivity contribution is -0.159. The number of thiazole rings is 1. The molecule has 1 aliphatic heterocycles. The monoisotopic (exact) mass is 486 g/mol. The fourth-order valence-electron chi connectivity index (χ4n) is 3.28. The molecule has 4 rings (SSSR count). The molecule has 0 aliphatic carbocycles. The highest BCUT2D eigenvalue weighted by Crippen LogP contribution is 2.22. The number of hydrogen-bond acceptors (Lipinski definition) is 8. The van der Waals surface area contributed by atoms with E-state index >= 15 is 0 Å². The lowest BCUT2D eigenvalue weighted by Gasteiger charge is -2.33. The predicted molar refractivity (Wildman–Crippen MR) is 125 cm³/mol. The highest BCUT2D eigenvalue weighted by molar-refractivity contribution is 7.09. The summed E-state index contributed by atoms with van der Waals surface area (Å²) in [6.07, 6.45) is 1.62. The van der Waals surface area contributed by atoms with Crippen LogP contribution in [0.3, 0.4) is 0 Å². The van der Waals surface area contributed by atoms with Crippen molar-refractivity contribution in [1.82, 2.24) is 20.1 Å². The van der Waals surface area contributed by atoms with Crippen molar-refractivity contribution in [3.8, 4) is 11.3 Å². The second-order valence-corrected chi connectivity index (χ2v) is 8.45. The lowest BCUT2D eigenvalue weighted by atomic mass is 10.2. The summed E-state index contributed by atoms with van der Waals surface area (Å²) in [5, 5.41) is 21.0. The van der Waals surface area contributed by atoms with Gasteiger partial charge in [-0.25, -0.2) is 14.6 Å². The first-order valence-electron chi connectivity index (χ1n) is 10.6. The highest BCUT2D eigenvalue weighted by Gasteiger charge is 2.20. The van der Waals surface area contributed by atoms with Gasteiger partial charge in [0.1, 0.15) is 10.8 Å².